The second-order valence-corrected chi connectivity index (χ2v) is 10.1. The Kier molecular flexibility index (Phi) is 6.90. The molecule has 2 fully saturated rings. The van der Waals surface area contributed by atoms with Crippen molar-refractivity contribution in [2.75, 3.05) is 37.7 Å². The summed E-state index contributed by atoms with van der Waals surface area (Å²) in [6.07, 6.45) is 2.98. The maximum atomic E-state index is 13.5. The van der Waals surface area contributed by atoms with Gasteiger partial charge in [0.25, 0.3) is 5.56 Å². The molecule has 2 aliphatic heterocycles. The predicted molar refractivity (Wildman–Crippen MR) is 143 cm³/mol. The normalized spacial score (nSPS) is 19.3. The minimum atomic E-state index is -0.416. The van der Waals surface area contributed by atoms with Crippen LogP contribution in [-0.2, 0) is 17.7 Å². The van der Waals surface area contributed by atoms with Crippen LogP contribution >= 0.6 is 0 Å². The highest BCUT2D eigenvalue weighted by Gasteiger charge is 2.33. The third kappa shape index (κ3) is 4.93. The first-order valence-electron chi connectivity index (χ1n) is 13.4. The smallest absolute Gasteiger partial charge is 0.253 e. The van der Waals surface area contributed by atoms with Gasteiger partial charge in [0, 0.05) is 49.6 Å². The standard InChI is InChI=1S/C28H32FN7O2/c1-2-19-5-10-25-20(16-19)17-24(28(37)30-25)26(27-31-32-33-36(27)18-23-4-3-15-38-23)35-13-11-34(12-14-35)22-8-6-21(29)7-9-22/h5-10,16-17,23,26H,2-4,11-15,18H2,1H3,(H,30,37)/t23-,26-/m0/s1. The lowest BCUT2D eigenvalue weighted by Crippen LogP contribution is -2.49. The number of aromatic amines is 1. The number of halogens is 1. The molecule has 1 N–H and O–H groups in total. The Morgan fingerprint density at radius 2 is 1.92 bits per heavy atom. The lowest BCUT2D eigenvalue weighted by atomic mass is 10.0. The third-order valence-electron chi connectivity index (χ3n) is 7.72. The molecule has 2 aliphatic rings. The average molecular weight is 518 g/mol. The summed E-state index contributed by atoms with van der Waals surface area (Å²) in [6, 6.07) is 14.3. The molecule has 0 spiro atoms. The molecule has 0 amide bonds. The zero-order chi connectivity index (χ0) is 26.1. The SMILES string of the molecule is CCc1ccc2[nH]c(=O)c([C@@H](c3nnnn3C[C@@H]3CCCO3)N3CCN(c4ccc(F)cc4)CC3)cc2c1. The van der Waals surface area contributed by atoms with Crippen LogP contribution in [0.5, 0.6) is 0 Å². The third-order valence-corrected chi connectivity index (χ3v) is 7.72. The van der Waals surface area contributed by atoms with Crippen LogP contribution in [0.15, 0.2) is 53.3 Å². The number of aromatic nitrogens is 5. The summed E-state index contributed by atoms with van der Waals surface area (Å²) >= 11 is 0. The summed E-state index contributed by atoms with van der Waals surface area (Å²) in [6.45, 7) is 6.29. The van der Waals surface area contributed by atoms with Gasteiger partial charge < -0.3 is 14.6 Å². The van der Waals surface area contributed by atoms with Gasteiger partial charge in [0.15, 0.2) is 5.82 Å². The molecule has 10 heteroatoms. The first kappa shape index (κ1) is 24.7. The Hall–Kier alpha value is -3.63. The van der Waals surface area contributed by atoms with Crippen LogP contribution in [0.2, 0.25) is 0 Å². The van der Waals surface area contributed by atoms with Crippen LogP contribution in [-0.4, -0.2) is 69.0 Å². The van der Waals surface area contributed by atoms with Gasteiger partial charge in [0.2, 0.25) is 0 Å². The monoisotopic (exact) mass is 517 g/mol. The Morgan fingerprint density at radius 1 is 1.11 bits per heavy atom. The number of fused-ring (bicyclic) bond motifs is 1. The second-order valence-electron chi connectivity index (χ2n) is 10.1. The fourth-order valence-corrected chi connectivity index (χ4v) is 5.60. The van der Waals surface area contributed by atoms with E-state index in [2.05, 4.69) is 43.3 Å². The van der Waals surface area contributed by atoms with Crippen molar-refractivity contribution < 1.29 is 9.13 Å². The first-order chi connectivity index (χ1) is 18.6. The molecule has 2 atom stereocenters. The van der Waals surface area contributed by atoms with Gasteiger partial charge in [-0.05, 0) is 83.1 Å². The van der Waals surface area contributed by atoms with Gasteiger partial charge in [0.1, 0.15) is 11.9 Å². The van der Waals surface area contributed by atoms with E-state index in [1.807, 2.05) is 30.3 Å². The van der Waals surface area contributed by atoms with Crippen molar-refractivity contribution in [1.82, 2.24) is 30.1 Å². The van der Waals surface area contributed by atoms with E-state index in [0.29, 0.717) is 31.0 Å². The number of aryl methyl sites for hydroxylation is 1. The van der Waals surface area contributed by atoms with Crippen molar-refractivity contribution in [2.24, 2.45) is 0 Å². The van der Waals surface area contributed by atoms with E-state index in [0.717, 1.165) is 55.5 Å². The summed E-state index contributed by atoms with van der Waals surface area (Å²) in [4.78, 5) is 21.1. The van der Waals surface area contributed by atoms with Crippen LogP contribution in [0.4, 0.5) is 10.1 Å². The van der Waals surface area contributed by atoms with Gasteiger partial charge >= 0.3 is 0 Å². The van der Waals surface area contributed by atoms with Crippen molar-refractivity contribution in [3.8, 4) is 0 Å². The Balaban J connectivity index is 1.36. The Bertz CT molecular complexity index is 1450. The lowest BCUT2D eigenvalue weighted by molar-refractivity contribution is 0.0906. The zero-order valence-electron chi connectivity index (χ0n) is 21.5. The maximum absolute atomic E-state index is 13.5. The number of H-pyrrole nitrogens is 1. The van der Waals surface area contributed by atoms with Gasteiger partial charge in [-0.2, -0.15) is 0 Å². The van der Waals surface area contributed by atoms with E-state index in [1.54, 1.807) is 4.68 Å². The van der Waals surface area contributed by atoms with E-state index in [9.17, 15) is 9.18 Å². The number of tetrazole rings is 1. The molecule has 0 aliphatic carbocycles. The minimum Gasteiger partial charge on any atom is -0.376 e. The van der Waals surface area contributed by atoms with Crippen molar-refractivity contribution in [3.63, 3.8) is 0 Å². The van der Waals surface area contributed by atoms with Crippen LogP contribution in [0.1, 0.15) is 42.8 Å². The Labute approximate surface area is 220 Å². The number of nitrogens with one attached hydrogen (secondary N) is 1. The number of rotatable bonds is 7. The molecule has 198 valence electrons. The number of piperazine rings is 1. The van der Waals surface area contributed by atoms with Crippen LogP contribution in [0.25, 0.3) is 10.9 Å². The molecular formula is C28H32FN7O2. The lowest BCUT2D eigenvalue weighted by Gasteiger charge is -2.39. The van der Waals surface area contributed by atoms with Gasteiger partial charge in [-0.25, -0.2) is 9.07 Å². The predicted octanol–water partition coefficient (Wildman–Crippen LogP) is 3.31. The van der Waals surface area contributed by atoms with Crippen LogP contribution in [0.3, 0.4) is 0 Å². The molecule has 6 rings (SSSR count). The van der Waals surface area contributed by atoms with Gasteiger partial charge in [-0.15, -0.1) is 5.10 Å². The van der Waals surface area contributed by atoms with Crippen molar-refractivity contribution in [2.45, 2.75) is 44.9 Å². The van der Waals surface area contributed by atoms with Gasteiger partial charge in [0.05, 0.1) is 12.6 Å². The summed E-state index contributed by atoms with van der Waals surface area (Å²) < 4.78 is 21.1. The molecule has 0 bridgehead atoms. The van der Waals surface area contributed by atoms with E-state index in [1.165, 1.54) is 17.7 Å². The molecular weight excluding hydrogens is 485 g/mol. The van der Waals surface area contributed by atoms with Crippen LogP contribution in [0, 0.1) is 5.82 Å². The Morgan fingerprint density at radius 3 is 2.66 bits per heavy atom. The molecule has 0 radical (unpaired) electrons. The number of hydrogen-bond donors (Lipinski definition) is 1. The molecule has 0 saturated carbocycles. The van der Waals surface area contributed by atoms with Crippen molar-refractivity contribution >= 4 is 16.6 Å². The molecule has 38 heavy (non-hydrogen) atoms. The van der Waals surface area contributed by atoms with E-state index in [4.69, 9.17) is 4.74 Å². The first-order valence-corrected chi connectivity index (χ1v) is 13.4. The van der Waals surface area contributed by atoms with Crippen molar-refractivity contribution in [1.29, 1.82) is 0 Å². The largest absolute Gasteiger partial charge is 0.376 e. The fourth-order valence-electron chi connectivity index (χ4n) is 5.60. The molecule has 2 saturated heterocycles. The number of benzene rings is 2. The topological polar surface area (TPSA) is 92.2 Å². The molecule has 9 nitrogen and oxygen atoms in total. The van der Waals surface area contributed by atoms with E-state index < -0.39 is 6.04 Å². The highest BCUT2D eigenvalue weighted by Crippen LogP contribution is 2.30. The van der Waals surface area contributed by atoms with Gasteiger partial charge in [-0.1, -0.05) is 13.0 Å². The van der Waals surface area contributed by atoms with E-state index in [-0.39, 0.29) is 17.5 Å². The highest BCUT2D eigenvalue weighted by atomic mass is 19.1. The molecule has 4 heterocycles. The number of ether oxygens (including phenoxy) is 1. The fraction of sp³-hybridized carbons (Fsp3) is 0.429. The van der Waals surface area contributed by atoms with Crippen molar-refractivity contribution in [3.05, 3.63) is 81.7 Å². The number of pyridine rings is 1. The van der Waals surface area contributed by atoms with E-state index >= 15 is 0 Å². The number of nitrogens with zero attached hydrogens (tertiary/aromatic N) is 6. The molecule has 2 aromatic carbocycles. The summed E-state index contributed by atoms with van der Waals surface area (Å²) in [7, 11) is 0. The number of hydrogen-bond acceptors (Lipinski definition) is 7. The maximum Gasteiger partial charge on any atom is 0.253 e. The molecule has 4 aromatic rings. The number of anilines is 1. The zero-order valence-corrected chi connectivity index (χ0v) is 21.5. The second kappa shape index (κ2) is 10.6. The summed E-state index contributed by atoms with van der Waals surface area (Å²) in [5.74, 6) is 0.402. The average Bonchev–Trinajstić information content (AvgIpc) is 3.63. The van der Waals surface area contributed by atoms with Crippen LogP contribution < -0.4 is 10.5 Å². The highest BCUT2D eigenvalue weighted by molar-refractivity contribution is 5.80. The summed E-state index contributed by atoms with van der Waals surface area (Å²) in [5.41, 5.74) is 3.50. The molecule has 0 unspecified atom stereocenters. The quantitative estimate of drug-likeness (QED) is 0.402. The minimum absolute atomic E-state index is 0.0650. The molecule has 2 aromatic heterocycles. The van der Waals surface area contributed by atoms with Gasteiger partial charge in [-0.3, -0.25) is 9.69 Å². The summed E-state index contributed by atoms with van der Waals surface area (Å²) in [5, 5.41) is 13.8.